The van der Waals surface area contributed by atoms with Crippen LogP contribution in [0.15, 0.2) is 41.3 Å². The van der Waals surface area contributed by atoms with Crippen molar-refractivity contribution in [3.05, 3.63) is 47.8 Å². The average molecular weight is 460 g/mol. The molecule has 4 rings (SSSR count). The Morgan fingerprint density at radius 2 is 1.81 bits per heavy atom. The van der Waals surface area contributed by atoms with Crippen LogP contribution in [0.5, 0.6) is 11.5 Å². The summed E-state index contributed by atoms with van der Waals surface area (Å²) in [5, 5.41) is 0. The number of benzene rings is 1. The molecule has 32 heavy (non-hydrogen) atoms. The minimum absolute atomic E-state index is 0.0283. The first-order valence-electron chi connectivity index (χ1n) is 11.2. The summed E-state index contributed by atoms with van der Waals surface area (Å²) in [4.78, 5) is 7.27. The molecular formula is C24H33N3O4S. The summed E-state index contributed by atoms with van der Waals surface area (Å²) in [7, 11) is -0.665. The summed E-state index contributed by atoms with van der Waals surface area (Å²) in [6, 6.07) is 11.1. The first-order valence-corrected chi connectivity index (χ1v) is 12.7. The summed E-state index contributed by atoms with van der Waals surface area (Å²) in [6.07, 6.45) is 4.03. The van der Waals surface area contributed by atoms with Gasteiger partial charge < -0.3 is 9.47 Å². The molecule has 1 spiro atoms. The molecule has 1 unspecified atom stereocenters. The smallest absolute Gasteiger partial charge is 0.246 e. The van der Waals surface area contributed by atoms with E-state index in [0.717, 1.165) is 56.7 Å². The molecule has 1 atom stereocenters. The number of ether oxygens (including phenoxy) is 2. The van der Waals surface area contributed by atoms with Crippen LogP contribution in [-0.4, -0.2) is 63.0 Å². The first kappa shape index (κ1) is 23.0. The Kier molecular flexibility index (Phi) is 6.74. The van der Waals surface area contributed by atoms with Crippen molar-refractivity contribution in [1.29, 1.82) is 0 Å². The number of pyridine rings is 1. The van der Waals surface area contributed by atoms with Crippen molar-refractivity contribution < 1.29 is 17.9 Å². The summed E-state index contributed by atoms with van der Waals surface area (Å²) in [5.41, 5.74) is 2.07. The number of hydrogen-bond acceptors (Lipinski definition) is 6. The molecule has 3 heterocycles. The fourth-order valence-corrected chi connectivity index (χ4v) is 6.95. The Bertz CT molecular complexity index is 1050. The summed E-state index contributed by atoms with van der Waals surface area (Å²) in [5.74, 6) is 0.854. The maximum absolute atomic E-state index is 13.6. The van der Waals surface area contributed by atoms with Crippen LogP contribution in [0.2, 0.25) is 0 Å². The molecule has 0 N–H and O–H groups in total. The van der Waals surface area contributed by atoms with Crippen molar-refractivity contribution in [2.75, 3.05) is 40.4 Å². The molecule has 0 aliphatic carbocycles. The van der Waals surface area contributed by atoms with Gasteiger partial charge in [0.1, 0.15) is 16.4 Å². The van der Waals surface area contributed by atoms with Gasteiger partial charge in [0.2, 0.25) is 10.0 Å². The number of aromatic nitrogens is 1. The third kappa shape index (κ3) is 4.77. The lowest BCUT2D eigenvalue weighted by atomic mass is 9.74. The van der Waals surface area contributed by atoms with Gasteiger partial charge in [0, 0.05) is 37.9 Å². The highest BCUT2D eigenvalue weighted by Crippen LogP contribution is 2.41. The van der Waals surface area contributed by atoms with Gasteiger partial charge in [-0.3, -0.25) is 9.88 Å². The van der Waals surface area contributed by atoms with E-state index in [1.54, 1.807) is 22.5 Å². The summed E-state index contributed by atoms with van der Waals surface area (Å²) < 4.78 is 39.6. The molecule has 1 aromatic carbocycles. The standard InChI is InChI=1S/C24H33N3O4S/c1-19-7-4-8-20(25-19)16-26-13-5-11-24(17-26)12-6-14-27(18-24)32(28,29)23-15-21(30-2)9-10-22(23)31-3/h4,7-10,15H,5-6,11-14,16-18H2,1-3H3. The Labute approximate surface area is 191 Å². The predicted octanol–water partition coefficient (Wildman–Crippen LogP) is 3.47. The number of hydrogen-bond donors (Lipinski definition) is 0. The van der Waals surface area contributed by atoms with Gasteiger partial charge in [0.25, 0.3) is 0 Å². The van der Waals surface area contributed by atoms with Gasteiger partial charge in [0.15, 0.2) is 0 Å². The fourth-order valence-electron chi connectivity index (χ4n) is 5.19. The number of likely N-dealkylation sites (tertiary alicyclic amines) is 1. The van der Waals surface area contributed by atoms with E-state index in [1.807, 2.05) is 19.1 Å². The molecule has 0 amide bonds. The molecule has 8 heteroatoms. The average Bonchev–Trinajstić information content (AvgIpc) is 2.78. The Hall–Kier alpha value is -2.16. The fraction of sp³-hybridized carbons (Fsp3) is 0.542. The lowest BCUT2D eigenvalue weighted by molar-refractivity contribution is 0.0356. The van der Waals surface area contributed by atoms with E-state index in [0.29, 0.717) is 24.6 Å². The van der Waals surface area contributed by atoms with Crippen molar-refractivity contribution >= 4 is 10.0 Å². The molecule has 1 aromatic heterocycles. The molecule has 7 nitrogen and oxygen atoms in total. The third-order valence-electron chi connectivity index (χ3n) is 6.69. The zero-order valence-corrected chi connectivity index (χ0v) is 20.0. The highest BCUT2D eigenvalue weighted by atomic mass is 32.2. The van der Waals surface area contributed by atoms with Crippen molar-refractivity contribution in [2.45, 2.75) is 44.0 Å². The molecular weight excluding hydrogens is 426 g/mol. The number of piperidine rings is 2. The highest BCUT2D eigenvalue weighted by molar-refractivity contribution is 7.89. The molecule has 0 bridgehead atoms. The van der Waals surface area contributed by atoms with Crippen LogP contribution in [0, 0.1) is 12.3 Å². The largest absolute Gasteiger partial charge is 0.497 e. The predicted molar refractivity (Wildman–Crippen MR) is 123 cm³/mol. The Morgan fingerprint density at radius 1 is 1.03 bits per heavy atom. The van der Waals surface area contributed by atoms with Crippen LogP contribution in [0.1, 0.15) is 37.1 Å². The van der Waals surface area contributed by atoms with Gasteiger partial charge >= 0.3 is 0 Å². The minimum Gasteiger partial charge on any atom is -0.497 e. The van der Waals surface area contributed by atoms with Gasteiger partial charge in [-0.1, -0.05) is 6.07 Å². The second-order valence-corrected chi connectivity index (χ2v) is 10.9. The van der Waals surface area contributed by atoms with Crippen LogP contribution in [0.3, 0.4) is 0 Å². The van der Waals surface area contributed by atoms with Crippen molar-refractivity contribution in [3.63, 3.8) is 0 Å². The third-order valence-corrected chi connectivity index (χ3v) is 8.55. The van der Waals surface area contributed by atoms with Crippen molar-refractivity contribution in [1.82, 2.24) is 14.2 Å². The van der Waals surface area contributed by atoms with E-state index in [4.69, 9.17) is 9.47 Å². The van der Waals surface area contributed by atoms with Crippen LogP contribution in [-0.2, 0) is 16.6 Å². The molecule has 2 aliphatic rings. The van der Waals surface area contributed by atoms with Crippen LogP contribution in [0.25, 0.3) is 0 Å². The van der Waals surface area contributed by atoms with E-state index < -0.39 is 10.0 Å². The Morgan fingerprint density at radius 3 is 2.53 bits per heavy atom. The zero-order valence-electron chi connectivity index (χ0n) is 19.2. The topological polar surface area (TPSA) is 72.0 Å². The second kappa shape index (κ2) is 9.37. The summed E-state index contributed by atoms with van der Waals surface area (Å²) >= 11 is 0. The maximum atomic E-state index is 13.6. The van der Waals surface area contributed by atoms with E-state index in [-0.39, 0.29) is 10.3 Å². The molecule has 2 aromatic rings. The lowest BCUT2D eigenvalue weighted by Gasteiger charge is -2.48. The SMILES string of the molecule is COc1ccc(OC)c(S(=O)(=O)N2CCCC3(CCCN(Cc4cccc(C)n4)C3)C2)c1. The molecule has 2 fully saturated rings. The van der Waals surface area contributed by atoms with E-state index >= 15 is 0 Å². The van der Waals surface area contributed by atoms with Gasteiger partial charge in [-0.2, -0.15) is 4.31 Å². The molecule has 2 saturated heterocycles. The molecule has 174 valence electrons. The van der Waals surface area contributed by atoms with Gasteiger partial charge in [-0.15, -0.1) is 0 Å². The number of rotatable bonds is 6. The Balaban J connectivity index is 1.54. The zero-order chi connectivity index (χ0) is 22.8. The lowest BCUT2D eigenvalue weighted by Crippen LogP contribution is -2.53. The van der Waals surface area contributed by atoms with E-state index in [2.05, 4.69) is 16.0 Å². The normalized spacial score (nSPS) is 22.7. The summed E-state index contributed by atoms with van der Waals surface area (Å²) in [6.45, 7) is 5.80. The minimum atomic E-state index is -3.70. The van der Waals surface area contributed by atoms with Gasteiger partial charge in [-0.25, -0.2) is 8.42 Å². The van der Waals surface area contributed by atoms with E-state index in [9.17, 15) is 8.42 Å². The molecule has 2 aliphatic heterocycles. The van der Waals surface area contributed by atoms with Crippen LogP contribution < -0.4 is 9.47 Å². The van der Waals surface area contributed by atoms with Crippen molar-refractivity contribution in [3.8, 4) is 11.5 Å². The number of aryl methyl sites for hydroxylation is 1. The molecule has 0 saturated carbocycles. The number of methoxy groups -OCH3 is 2. The van der Waals surface area contributed by atoms with Gasteiger partial charge in [-0.05, 0) is 68.8 Å². The number of nitrogens with zero attached hydrogens (tertiary/aromatic N) is 3. The second-order valence-electron chi connectivity index (χ2n) is 9.04. The number of sulfonamides is 1. The quantitative estimate of drug-likeness (QED) is 0.659. The first-order chi connectivity index (χ1) is 15.3. The van der Waals surface area contributed by atoms with Crippen LogP contribution in [0.4, 0.5) is 0 Å². The van der Waals surface area contributed by atoms with Crippen LogP contribution >= 0.6 is 0 Å². The van der Waals surface area contributed by atoms with Gasteiger partial charge in [0.05, 0.1) is 19.9 Å². The highest BCUT2D eigenvalue weighted by Gasteiger charge is 2.43. The monoisotopic (exact) mass is 459 g/mol. The maximum Gasteiger partial charge on any atom is 0.246 e. The van der Waals surface area contributed by atoms with Crippen molar-refractivity contribution in [2.24, 2.45) is 5.41 Å². The molecule has 0 radical (unpaired) electrons. The van der Waals surface area contributed by atoms with E-state index in [1.165, 1.54) is 14.2 Å².